The first-order valence-corrected chi connectivity index (χ1v) is 12.9. The standard InChI is InChI=1S/C27H30FN5O3/c1-16-9-10-29-26(34)15-36-24-8-7-18(28)12-19(24)27(35)32-11-3-2-4-22(32)21-14-25-30-20(17-5-6-17)13-23(16)33(25)31-21/h7-8,12-14,16-17,22H,2-6,9-11,15H2,1H3,(H,29,34)/t16?,22-/m0/s1. The number of piperidine rings is 1. The minimum Gasteiger partial charge on any atom is -0.483 e. The summed E-state index contributed by atoms with van der Waals surface area (Å²) in [6.07, 6.45) is 5.63. The van der Waals surface area contributed by atoms with Crippen LogP contribution in [0.5, 0.6) is 5.75 Å². The van der Waals surface area contributed by atoms with Crippen LogP contribution in [0.25, 0.3) is 5.65 Å². The summed E-state index contributed by atoms with van der Waals surface area (Å²) in [6, 6.07) is 7.76. The average molecular weight is 492 g/mol. The summed E-state index contributed by atoms with van der Waals surface area (Å²) >= 11 is 0. The number of carbonyl (C=O) groups excluding carboxylic acids is 2. The monoisotopic (exact) mass is 491 g/mol. The van der Waals surface area contributed by atoms with Gasteiger partial charge in [0.2, 0.25) is 0 Å². The number of nitrogens with one attached hydrogen (secondary N) is 1. The first-order chi connectivity index (χ1) is 17.5. The molecule has 2 fully saturated rings. The Balaban J connectivity index is 1.47. The molecule has 2 bridgehead atoms. The van der Waals surface area contributed by atoms with Crippen molar-refractivity contribution in [3.05, 3.63) is 58.8 Å². The average Bonchev–Trinajstić information content (AvgIpc) is 3.65. The molecule has 6 rings (SSSR count). The number of carbonyl (C=O) groups is 2. The van der Waals surface area contributed by atoms with E-state index in [0.29, 0.717) is 19.0 Å². The molecule has 8 nitrogen and oxygen atoms in total. The number of ether oxygens (including phenoxy) is 1. The van der Waals surface area contributed by atoms with Gasteiger partial charge in [0, 0.05) is 42.4 Å². The number of halogens is 1. The third-order valence-corrected chi connectivity index (χ3v) is 7.53. The Kier molecular flexibility index (Phi) is 5.85. The predicted octanol–water partition coefficient (Wildman–Crippen LogP) is 4.12. The fraction of sp³-hybridized carbons (Fsp3) is 0.481. The van der Waals surface area contributed by atoms with Crippen molar-refractivity contribution in [3.8, 4) is 5.75 Å². The molecular weight excluding hydrogens is 461 g/mol. The Bertz CT molecular complexity index is 1330. The number of fused-ring (bicyclic) bond motifs is 4. The van der Waals surface area contributed by atoms with Gasteiger partial charge < -0.3 is 15.0 Å². The normalized spacial score (nSPS) is 23.2. The molecule has 1 N–H and O–H groups in total. The Morgan fingerprint density at radius 3 is 2.75 bits per heavy atom. The van der Waals surface area contributed by atoms with Gasteiger partial charge in [-0.25, -0.2) is 13.9 Å². The van der Waals surface area contributed by atoms with E-state index < -0.39 is 5.82 Å². The number of hydrogen-bond donors (Lipinski definition) is 1. The zero-order chi connectivity index (χ0) is 24.8. The summed E-state index contributed by atoms with van der Waals surface area (Å²) in [5, 5.41) is 7.87. The van der Waals surface area contributed by atoms with Crippen molar-refractivity contribution in [2.75, 3.05) is 19.7 Å². The largest absolute Gasteiger partial charge is 0.483 e. The van der Waals surface area contributed by atoms with Crippen LogP contribution in [0.2, 0.25) is 0 Å². The molecule has 188 valence electrons. The van der Waals surface area contributed by atoms with E-state index in [0.717, 1.165) is 61.3 Å². The first-order valence-electron chi connectivity index (χ1n) is 12.9. The van der Waals surface area contributed by atoms with E-state index in [-0.39, 0.29) is 41.7 Å². The SMILES string of the molecule is CC1CCNC(=O)COc2ccc(F)cc2C(=O)N2CCCC[C@H]2c2cc3nc(C4CC4)cc1n3n2. The lowest BCUT2D eigenvalue weighted by atomic mass is 9.98. The number of rotatable bonds is 1. The Morgan fingerprint density at radius 2 is 1.92 bits per heavy atom. The molecule has 2 amide bonds. The Morgan fingerprint density at radius 1 is 1.06 bits per heavy atom. The highest BCUT2D eigenvalue weighted by Gasteiger charge is 2.33. The lowest BCUT2D eigenvalue weighted by molar-refractivity contribution is -0.123. The van der Waals surface area contributed by atoms with E-state index in [2.05, 4.69) is 18.3 Å². The van der Waals surface area contributed by atoms with Gasteiger partial charge in [-0.3, -0.25) is 9.59 Å². The minimum absolute atomic E-state index is 0.119. The van der Waals surface area contributed by atoms with Crippen LogP contribution in [0, 0.1) is 5.82 Å². The number of hydrogen-bond acceptors (Lipinski definition) is 5. The zero-order valence-corrected chi connectivity index (χ0v) is 20.4. The van der Waals surface area contributed by atoms with Crippen LogP contribution < -0.4 is 10.1 Å². The molecule has 3 aromatic rings. The highest BCUT2D eigenvalue weighted by Crippen LogP contribution is 2.41. The van der Waals surface area contributed by atoms with Crippen LogP contribution in [0.4, 0.5) is 4.39 Å². The van der Waals surface area contributed by atoms with Crippen LogP contribution in [-0.2, 0) is 4.79 Å². The Labute approximate surface area is 208 Å². The number of benzene rings is 1. The fourth-order valence-electron chi connectivity index (χ4n) is 5.34. The topological polar surface area (TPSA) is 88.8 Å². The van der Waals surface area contributed by atoms with Crippen molar-refractivity contribution in [2.24, 2.45) is 0 Å². The molecule has 0 spiro atoms. The number of amides is 2. The van der Waals surface area contributed by atoms with Gasteiger partial charge in [0.05, 0.1) is 17.3 Å². The third kappa shape index (κ3) is 4.31. The van der Waals surface area contributed by atoms with E-state index in [1.807, 2.05) is 10.6 Å². The molecule has 36 heavy (non-hydrogen) atoms. The molecule has 1 unspecified atom stereocenters. The van der Waals surface area contributed by atoms with E-state index in [9.17, 15) is 14.0 Å². The summed E-state index contributed by atoms with van der Waals surface area (Å²) < 4.78 is 21.8. The van der Waals surface area contributed by atoms with Gasteiger partial charge in [-0.15, -0.1) is 0 Å². The molecule has 9 heteroatoms. The van der Waals surface area contributed by atoms with Crippen LogP contribution in [0.3, 0.4) is 0 Å². The van der Waals surface area contributed by atoms with Crippen LogP contribution in [0.1, 0.15) is 90.8 Å². The minimum atomic E-state index is -0.527. The molecule has 1 aromatic carbocycles. The van der Waals surface area contributed by atoms with Crippen molar-refractivity contribution in [1.82, 2.24) is 24.8 Å². The molecule has 1 saturated heterocycles. The predicted molar refractivity (Wildman–Crippen MR) is 131 cm³/mol. The smallest absolute Gasteiger partial charge is 0.258 e. The molecule has 2 atom stereocenters. The Hall–Kier alpha value is -3.49. The van der Waals surface area contributed by atoms with Gasteiger partial charge >= 0.3 is 0 Å². The van der Waals surface area contributed by atoms with Crippen molar-refractivity contribution < 1.29 is 18.7 Å². The van der Waals surface area contributed by atoms with Gasteiger partial charge in [-0.1, -0.05) is 6.92 Å². The first kappa shape index (κ1) is 22.9. The lowest BCUT2D eigenvalue weighted by Crippen LogP contribution is -2.39. The van der Waals surface area contributed by atoms with Gasteiger partial charge in [-0.2, -0.15) is 5.10 Å². The molecule has 1 saturated carbocycles. The molecule has 0 radical (unpaired) electrons. The molecule has 3 aliphatic rings. The van der Waals surface area contributed by atoms with E-state index in [1.165, 1.54) is 18.2 Å². The number of nitrogens with zero attached hydrogens (tertiary/aromatic N) is 4. The molecule has 1 aliphatic carbocycles. The summed E-state index contributed by atoms with van der Waals surface area (Å²) in [5.41, 5.74) is 3.86. The molecule has 2 aromatic heterocycles. The summed E-state index contributed by atoms with van der Waals surface area (Å²) in [6.45, 7) is 2.92. The highest BCUT2D eigenvalue weighted by atomic mass is 19.1. The molecule has 2 aliphatic heterocycles. The summed E-state index contributed by atoms with van der Waals surface area (Å²) in [4.78, 5) is 32.9. The third-order valence-electron chi connectivity index (χ3n) is 7.53. The van der Waals surface area contributed by atoms with Gasteiger partial charge in [0.1, 0.15) is 11.6 Å². The molecular formula is C27H30FN5O3. The van der Waals surface area contributed by atoms with E-state index in [1.54, 1.807) is 4.90 Å². The van der Waals surface area contributed by atoms with Crippen LogP contribution in [-0.4, -0.2) is 51.0 Å². The molecule has 4 heterocycles. The summed E-state index contributed by atoms with van der Waals surface area (Å²) in [7, 11) is 0. The lowest BCUT2D eigenvalue weighted by Gasteiger charge is -2.35. The van der Waals surface area contributed by atoms with Gasteiger partial charge in [-0.05, 0) is 62.8 Å². The zero-order valence-electron chi connectivity index (χ0n) is 20.4. The van der Waals surface area contributed by atoms with E-state index >= 15 is 0 Å². The highest BCUT2D eigenvalue weighted by molar-refractivity contribution is 5.97. The number of aromatic nitrogens is 3. The van der Waals surface area contributed by atoms with Gasteiger partial charge in [0.25, 0.3) is 11.8 Å². The summed E-state index contributed by atoms with van der Waals surface area (Å²) in [5.74, 6) is -0.297. The van der Waals surface area contributed by atoms with Crippen LogP contribution in [0.15, 0.2) is 30.3 Å². The second-order valence-electron chi connectivity index (χ2n) is 10.2. The quantitative estimate of drug-likeness (QED) is 0.553. The van der Waals surface area contributed by atoms with Crippen molar-refractivity contribution in [1.29, 1.82) is 0 Å². The van der Waals surface area contributed by atoms with Crippen molar-refractivity contribution in [3.63, 3.8) is 0 Å². The van der Waals surface area contributed by atoms with Crippen LogP contribution >= 0.6 is 0 Å². The maximum atomic E-state index is 14.2. The van der Waals surface area contributed by atoms with E-state index in [4.69, 9.17) is 14.8 Å². The second-order valence-corrected chi connectivity index (χ2v) is 10.2. The van der Waals surface area contributed by atoms with Crippen molar-refractivity contribution in [2.45, 2.75) is 63.3 Å². The fourth-order valence-corrected chi connectivity index (χ4v) is 5.34. The van der Waals surface area contributed by atoms with Gasteiger partial charge in [0.15, 0.2) is 12.3 Å². The second kappa shape index (κ2) is 9.19. The van der Waals surface area contributed by atoms with Crippen molar-refractivity contribution >= 4 is 17.5 Å². The maximum Gasteiger partial charge on any atom is 0.258 e. The maximum absolute atomic E-state index is 14.2.